The van der Waals surface area contributed by atoms with Gasteiger partial charge in [0.05, 0.1) is 4.92 Å². The van der Waals surface area contributed by atoms with E-state index in [0.717, 1.165) is 18.7 Å². The van der Waals surface area contributed by atoms with Gasteiger partial charge in [-0.05, 0) is 18.9 Å². The molecule has 2 heterocycles. The van der Waals surface area contributed by atoms with Crippen molar-refractivity contribution < 1.29 is 4.92 Å². The molecule has 1 fully saturated rings. The van der Waals surface area contributed by atoms with Crippen molar-refractivity contribution in [3.8, 4) is 0 Å². The van der Waals surface area contributed by atoms with Gasteiger partial charge in [0, 0.05) is 18.2 Å². The van der Waals surface area contributed by atoms with Crippen molar-refractivity contribution in [3.63, 3.8) is 0 Å². The second kappa shape index (κ2) is 4.36. The molecule has 0 aromatic carbocycles. The molecule has 0 saturated heterocycles. The lowest BCUT2D eigenvalue weighted by Crippen LogP contribution is -2.08. The van der Waals surface area contributed by atoms with Crippen LogP contribution in [0.5, 0.6) is 0 Å². The maximum Gasteiger partial charge on any atom is 0.314 e. The molecule has 94 valence electrons. The maximum atomic E-state index is 10.9. The minimum absolute atomic E-state index is 0.0204. The van der Waals surface area contributed by atoms with Gasteiger partial charge in [0.2, 0.25) is 5.65 Å². The fraction of sp³-hybridized carbons (Fsp3) is 0.500. The van der Waals surface area contributed by atoms with Gasteiger partial charge in [-0.3, -0.25) is 14.5 Å². The molecular weight excluding hydrogens is 232 g/mol. The van der Waals surface area contributed by atoms with E-state index < -0.39 is 4.92 Å². The monoisotopic (exact) mass is 246 g/mol. The van der Waals surface area contributed by atoms with Gasteiger partial charge in [-0.1, -0.05) is 19.3 Å². The molecule has 0 amide bonds. The van der Waals surface area contributed by atoms with Crippen LogP contribution < -0.4 is 0 Å². The molecule has 2 aromatic rings. The van der Waals surface area contributed by atoms with Crippen LogP contribution in [-0.4, -0.2) is 19.5 Å². The Kier molecular flexibility index (Phi) is 2.70. The second-order valence-electron chi connectivity index (χ2n) is 4.74. The van der Waals surface area contributed by atoms with Crippen LogP contribution in [0.4, 0.5) is 5.69 Å². The van der Waals surface area contributed by atoms with Crippen LogP contribution in [0.1, 0.15) is 43.8 Å². The first-order valence-electron chi connectivity index (χ1n) is 6.25. The highest BCUT2D eigenvalue weighted by Gasteiger charge is 2.23. The zero-order valence-corrected chi connectivity index (χ0v) is 9.95. The molecular formula is C12H14N4O2. The minimum atomic E-state index is -0.408. The number of hydrogen-bond acceptors (Lipinski definition) is 4. The van der Waals surface area contributed by atoms with Crippen LogP contribution in [0.2, 0.25) is 0 Å². The van der Waals surface area contributed by atoms with Gasteiger partial charge in [-0.15, -0.1) is 10.2 Å². The first-order valence-corrected chi connectivity index (χ1v) is 6.25. The van der Waals surface area contributed by atoms with Crippen LogP contribution in [0.25, 0.3) is 5.65 Å². The van der Waals surface area contributed by atoms with Crippen molar-refractivity contribution in [3.05, 3.63) is 34.3 Å². The van der Waals surface area contributed by atoms with Crippen molar-refractivity contribution >= 4 is 11.3 Å². The highest BCUT2D eigenvalue weighted by Crippen LogP contribution is 2.32. The summed E-state index contributed by atoms with van der Waals surface area (Å²) in [5, 5.41) is 19.1. The quantitative estimate of drug-likeness (QED) is 0.603. The molecule has 6 nitrogen and oxygen atoms in total. The first-order chi connectivity index (χ1) is 8.77. The molecule has 0 aliphatic heterocycles. The SMILES string of the molecule is O=[N+]([O-])c1cccn2c(C3CCCCC3)nnc12. The van der Waals surface area contributed by atoms with E-state index in [2.05, 4.69) is 10.2 Å². The average molecular weight is 246 g/mol. The zero-order valence-electron chi connectivity index (χ0n) is 9.95. The molecule has 6 heteroatoms. The maximum absolute atomic E-state index is 10.9. The smallest absolute Gasteiger partial charge is 0.280 e. The van der Waals surface area contributed by atoms with Crippen LogP contribution in [0.3, 0.4) is 0 Å². The van der Waals surface area contributed by atoms with Crippen molar-refractivity contribution in [2.45, 2.75) is 38.0 Å². The third-order valence-corrected chi connectivity index (χ3v) is 3.61. The van der Waals surface area contributed by atoms with Crippen molar-refractivity contribution in [2.75, 3.05) is 0 Å². The van der Waals surface area contributed by atoms with Crippen molar-refractivity contribution in [1.82, 2.24) is 14.6 Å². The summed E-state index contributed by atoms with van der Waals surface area (Å²) in [4.78, 5) is 10.5. The Labute approximate surface area is 104 Å². The van der Waals surface area contributed by atoms with Gasteiger partial charge in [-0.25, -0.2) is 0 Å². The molecule has 0 bridgehead atoms. The van der Waals surface area contributed by atoms with Crippen molar-refractivity contribution in [1.29, 1.82) is 0 Å². The van der Waals surface area contributed by atoms with Gasteiger partial charge < -0.3 is 0 Å². The third kappa shape index (κ3) is 1.73. The van der Waals surface area contributed by atoms with Crippen LogP contribution in [0, 0.1) is 10.1 Å². The predicted octanol–water partition coefficient (Wildman–Crippen LogP) is 2.69. The van der Waals surface area contributed by atoms with E-state index >= 15 is 0 Å². The molecule has 0 N–H and O–H groups in total. The molecule has 0 spiro atoms. The Hall–Kier alpha value is -1.98. The summed E-state index contributed by atoms with van der Waals surface area (Å²) in [7, 11) is 0. The molecule has 1 saturated carbocycles. The van der Waals surface area contributed by atoms with E-state index in [0.29, 0.717) is 11.6 Å². The number of nitro groups is 1. The highest BCUT2D eigenvalue weighted by molar-refractivity contribution is 5.58. The zero-order chi connectivity index (χ0) is 12.5. The number of hydrogen-bond donors (Lipinski definition) is 0. The summed E-state index contributed by atoms with van der Waals surface area (Å²) in [6.45, 7) is 0. The molecule has 1 aliphatic carbocycles. The summed E-state index contributed by atoms with van der Waals surface area (Å²) in [5.74, 6) is 1.25. The van der Waals surface area contributed by atoms with E-state index in [1.165, 1.54) is 25.3 Å². The number of rotatable bonds is 2. The highest BCUT2D eigenvalue weighted by atomic mass is 16.6. The number of fused-ring (bicyclic) bond motifs is 1. The van der Waals surface area contributed by atoms with Crippen LogP contribution >= 0.6 is 0 Å². The molecule has 0 unspecified atom stereocenters. The number of nitrogens with zero attached hydrogens (tertiary/aromatic N) is 4. The van der Waals surface area contributed by atoms with Crippen molar-refractivity contribution in [2.24, 2.45) is 0 Å². The second-order valence-corrected chi connectivity index (χ2v) is 4.74. The summed E-state index contributed by atoms with van der Waals surface area (Å²) in [6.07, 6.45) is 7.69. The largest absolute Gasteiger partial charge is 0.314 e. The summed E-state index contributed by atoms with van der Waals surface area (Å²) < 4.78 is 1.77. The molecule has 1 aliphatic rings. The van der Waals surface area contributed by atoms with E-state index in [1.54, 1.807) is 10.5 Å². The van der Waals surface area contributed by atoms with E-state index in [1.807, 2.05) is 6.20 Å². The van der Waals surface area contributed by atoms with E-state index in [-0.39, 0.29) is 5.69 Å². The number of aromatic nitrogens is 3. The first kappa shape index (κ1) is 11.1. The Morgan fingerprint density at radius 3 is 2.78 bits per heavy atom. The van der Waals surface area contributed by atoms with E-state index in [9.17, 15) is 10.1 Å². The summed E-state index contributed by atoms with van der Waals surface area (Å²) in [5.41, 5.74) is 0.370. The van der Waals surface area contributed by atoms with Gasteiger partial charge >= 0.3 is 5.69 Å². The minimum Gasteiger partial charge on any atom is -0.280 e. The number of pyridine rings is 1. The Morgan fingerprint density at radius 2 is 2.06 bits per heavy atom. The fourth-order valence-corrected chi connectivity index (χ4v) is 2.70. The lowest BCUT2D eigenvalue weighted by atomic mass is 9.89. The summed E-state index contributed by atoms with van der Waals surface area (Å²) >= 11 is 0. The molecule has 18 heavy (non-hydrogen) atoms. The Balaban J connectivity index is 2.08. The summed E-state index contributed by atoms with van der Waals surface area (Å²) in [6, 6.07) is 3.15. The Bertz CT molecular complexity index is 587. The molecule has 3 rings (SSSR count). The topological polar surface area (TPSA) is 73.3 Å². The van der Waals surface area contributed by atoms with Gasteiger partial charge in [-0.2, -0.15) is 0 Å². The predicted molar refractivity (Wildman–Crippen MR) is 65.5 cm³/mol. The Morgan fingerprint density at radius 1 is 1.28 bits per heavy atom. The molecule has 0 radical (unpaired) electrons. The fourth-order valence-electron chi connectivity index (χ4n) is 2.70. The van der Waals surface area contributed by atoms with Gasteiger partial charge in [0.1, 0.15) is 5.82 Å². The van der Waals surface area contributed by atoms with Crippen LogP contribution in [-0.2, 0) is 0 Å². The average Bonchev–Trinajstić information content (AvgIpc) is 2.83. The molecule has 2 aromatic heterocycles. The lowest BCUT2D eigenvalue weighted by molar-refractivity contribution is -0.383. The standard InChI is InChI=1S/C12H14N4O2/c17-16(18)10-7-4-8-15-11(13-14-12(10)15)9-5-2-1-3-6-9/h4,7-9H,1-3,5-6H2. The van der Waals surface area contributed by atoms with E-state index in [4.69, 9.17) is 0 Å². The van der Waals surface area contributed by atoms with Gasteiger partial charge in [0.25, 0.3) is 0 Å². The molecule has 0 atom stereocenters. The normalized spacial score (nSPS) is 17.1. The van der Waals surface area contributed by atoms with Gasteiger partial charge in [0.15, 0.2) is 0 Å². The van der Waals surface area contributed by atoms with Crippen LogP contribution in [0.15, 0.2) is 18.3 Å². The third-order valence-electron chi connectivity index (χ3n) is 3.61. The lowest BCUT2D eigenvalue weighted by Gasteiger charge is -2.19.